The van der Waals surface area contributed by atoms with Crippen LogP contribution in [0.5, 0.6) is 0 Å². The zero-order chi connectivity index (χ0) is 12.5. The average Bonchev–Trinajstić information content (AvgIpc) is 2.30. The predicted octanol–water partition coefficient (Wildman–Crippen LogP) is 1.49. The first kappa shape index (κ1) is 22.2. The third-order valence-corrected chi connectivity index (χ3v) is 1.72. The van der Waals surface area contributed by atoms with Crippen LogP contribution in [0.4, 0.5) is 4.48 Å². The Bertz CT molecular complexity index is 122. The van der Waals surface area contributed by atoms with Crippen LogP contribution in [0.1, 0.15) is 68.1 Å². The van der Waals surface area contributed by atoms with Crippen LogP contribution < -0.4 is 51.4 Å². The van der Waals surface area contributed by atoms with E-state index in [0.717, 1.165) is 6.42 Å². The second-order valence-electron chi connectivity index (χ2n) is 3.06. The van der Waals surface area contributed by atoms with Gasteiger partial charge >= 0.3 is 97.3 Å². The van der Waals surface area contributed by atoms with Gasteiger partial charge in [0.15, 0.2) is 0 Å². The van der Waals surface area contributed by atoms with Gasteiger partial charge in [0.05, 0.1) is 0 Å². The van der Waals surface area contributed by atoms with Gasteiger partial charge < -0.3 is 1.43 Å². The molecule has 0 radical (unpaired) electrons. The van der Waals surface area contributed by atoms with Crippen LogP contribution in [-0.4, -0.2) is 11.0 Å². The molecule has 0 aromatic carbocycles. The minimum atomic E-state index is -0.926. The summed E-state index contributed by atoms with van der Waals surface area (Å²) in [6.45, 7) is 11.0. The molecule has 0 heterocycles. The Hall–Kier alpha value is 1.95. The van der Waals surface area contributed by atoms with Gasteiger partial charge in [-0.2, -0.15) is 0 Å². The fraction of sp³-hybridized carbons (Fsp3) is 1.00. The molecule has 0 aliphatic carbocycles. The third kappa shape index (κ3) is 64.3. The van der Waals surface area contributed by atoms with Gasteiger partial charge in [0.25, 0.3) is 0 Å². The topological polar surface area (TPSA) is 3.01 Å². The first-order valence-corrected chi connectivity index (χ1v) is 6.35. The second-order valence-corrected chi connectivity index (χ2v) is 3.74. The van der Waals surface area contributed by atoms with Crippen molar-refractivity contribution in [3.05, 3.63) is 0 Å². The first-order valence-electron chi connectivity index (χ1n) is 6.17. The summed E-state index contributed by atoms with van der Waals surface area (Å²) in [7, 11) is 0. The van der Waals surface area contributed by atoms with Crippen molar-refractivity contribution in [2.45, 2.75) is 66.7 Å². The molecule has 0 aliphatic rings. The monoisotopic (exact) mass is 288 g/mol. The smallest absolute Gasteiger partial charge is 1.00 e. The zero-order valence-corrected chi connectivity index (χ0v) is 16.0. The Kier molecular flexibility index (Phi) is 43.9. The summed E-state index contributed by atoms with van der Waals surface area (Å²) >= 11 is -0.926. The molecule has 0 saturated heterocycles. The van der Waals surface area contributed by atoms with E-state index in [-0.39, 0.29) is 52.8 Å². The summed E-state index contributed by atoms with van der Waals surface area (Å²) in [4.78, 5) is 0. The molecule has 1 nitrogen and oxygen atoms in total. The molecule has 0 bridgehead atoms. The van der Waals surface area contributed by atoms with Crippen molar-refractivity contribution in [1.82, 2.24) is 0 Å². The van der Waals surface area contributed by atoms with Crippen molar-refractivity contribution in [2.24, 2.45) is 0 Å². The Balaban J connectivity index is -0.0000000425. The number of hydrogen-bond donors (Lipinski definition) is 0. The fourth-order valence-electron chi connectivity index (χ4n) is 0.185. The molecule has 4 heteroatoms. The minimum absolute atomic E-state index is 0. The van der Waals surface area contributed by atoms with Gasteiger partial charge in [-0.3, -0.25) is 0 Å². The standard InChI is InChI=1S/2C4H10.C3H7FN.K.V.2H/c2*1-3-4-2;1-2-3-5-4;;;;/h2*3-4H2,1-2H3;2-3H2,1H3;;;;/q;;-1;+1;+2;;-1/i;;;;;2*1+2. The molecule has 0 fully saturated rings. The number of halogens is 1. The molecule has 0 aliphatic heterocycles. The van der Waals surface area contributed by atoms with Crippen LogP contribution in [0.15, 0.2) is 0 Å². The van der Waals surface area contributed by atoms with E-state index in [1.54, 1.807) is 0 Å². The number of nitrogens with zero attached hydrogens (tertiary/aromatic N) is 1. The molecular formula is C11H29FKNV+. The molecule has 0 atom stereocenters. The number of hydrogen-bond acceptors (Lipinski definition) is 0. The van der Waals surface area contributed by atoms with E-state index >= 15 is 0 Å². The van der Waals surface area contributed by atoms with Gasteiger partial charge in [-0.05, 0) is 0 Å². The normalized spacial score (nSPS) is 9.73. The Morgan fingerprint density at radius 1 is 1.00 bits per heavy atom. The quantitative estimate of drug-likeness (QED) is 0.545. The summed E-state index contributed by atoms with van der Waals surface area (Å²) in [5, 5.41) is 0. The molecular weight excluding hydrogens is 255 g/mol. The molecule has 0 aromatic rings. The minimum Gasteiger partial charge on any atom is 1.00 e. The van der Waals surface area contributed by atoms with Crippen LogP contribution >= 0.6 is 0 Å². The van der Waals surface area contributed by atoms with Crippen molar-refractivity contribution in [3.8, 4) is 0 Å². The van der Waals surface area contributed by atoms with Crippen LogP contribution in [0, 0.1) is 0 Å². The molecule has 0 aromatic heterocycles. The van der Waals surface area contributed by atoms with Crippen molar-refractivity contribution in [3.63, 3.8) is 0 Å². The van der Waals surface area contributed by atoms with E-state index in [9.17, 15) is 4.48 Å². The molecule has 90 valence electrons. The Morgan fingerprint density at radius 3 is 1.40 bits per heavy atom. The zero-order valence-electron chi connectivity index (χ0n) is 13.5. The second kappa shape index (κ2) is 29.7. The fourth-order valence-corrected chi connectivity index (χ4v) is 0.497. The summed E-state index contributed by atoms with van der Waals surface area (Å²) in [5.41, 5.74) is 0. The van der Waals surface area contributed by atoms with E-state index in [1.807, 2.05) is 6.92 Å². The predicted molar refractivity (Wildman–Crippen MR) is 60.2 cm³/mol. The van der Waals surface area contributed by atoms with E-state index in [2.05, 4.69) is 27.7 Å². The van der Waals surface area contributed by atoms with Gasteiger partial charge in [-0.25, -0.2) is 0 Å². The number of unbranched alkanes of at least 4 members (excludes halogenated alkanes) is 2. The molecule has 15 heavy (non-hydrogen) atoms. The maximum atomic E-state index is 11.8. The van der Waals surface area contributed by atoms with Crippen molar-refractivity contribution < 1.29 is 78.0 Å². The van der Waals surface area contributed by atoms with E-state index in [0.29, 0.717) is 10.1 Å². The van der Waals surface area contributed by atoms with Crippen molar-refractivity contribution in [1.29, 1.82) is 0.879 Å². The van der Waals surface area contributed by atoms with Crippen molar-refractivity contribution in [2.75, 3.05) is 6.54 Å². The summed E-state index contributed by atoms with van der Waals surface area (Å²) in [6.07, 6.45) is 6.07. The first-order chi connectivity index (χ1) is 7.14. The van der Waals surface area contributed by atoms with E-state index in [1.165, 1.54) is 25.7 Å². The molecule has 0 amide bonds. The van der Waals surface area contributed by atoms with Crippen LogP contribution in [-0.2, 0) is 17.1 Å². The van der Waals surface area contributed by atoms with E-state index < -0.39 is 17.1 Å². The van der Waals surface area contributed by atoms with Crippen molar-refractivity contribution >= 4 is 0 Å². The maximum Gasteiger partial charge on any atom is 1.00 e. The largest absolute Gasteiger partial charge is 1.00 e. The molecule has 0 rings (SSSR count). The Morgan fingerprint density at radius 2 is 1.33 bits per heavy atom. The maximum absolute atomic E-state index is 11.8. The summed E-state index contributed by atoms with van der Waals surface area (Å²) in [5.74, 6) is 0. The molecule has 0 saturated carbocycles. The molecule has 0 spiro atoms. The van der Waals surface area contributed by atoms with Gasteiger partial charge in [-0.15, -0.1) is 0 Å². The Labute approximate surface area is 150 Å². The van der Waals surface area contributed by atoms with Crippen LogP contribution in [0.25, 0.3) is 0 Å². The molecule has 0 unspecified atom stereocenters. The number of rotatable bonds is 4. The average molecular weight is 288 g/mol. The third-order valence-electron chi connectivity index (χ3n) is 1.41. The van der Waals surface area contributed by atoms with Gasteiger partial charge in [0, 0.05) is 0 Å². The van der Waals surface area contributed by atoms with Gasteiger partial charge in [0.2, 0.25) is 0 Å². The summed E-state index contributed by atoms with van der Waals surface area (Å²) in [6, 6.07) is 0. The van der Waals surface area contributed by atoms with Gasteiger partial charge in [-0.1, -0.05) is 53.4 Å². The van der Waals surface area contributed by atoms with E-state index in [4.69, 9.17) is 0.879 Å². The van der Waals surface area contributed by atoms with Gasteiger partial charge in [0.1, 0.15) is 0 Å². The van der Waals surface area contributed by atoms with Crippen LogP contribution in [0.3, 0.4) is 0 Å². The molecule has 0 N–H and O–H groups in total. The summed E-state index contributed by atoms with van der Waals surface area (Å²) < 4.78 is 18.9. The SMILES string of the molecule is CCCC.CCCC.[3H-].[3H][V]=[N+](F)CCC.[K+]. The van der Waals surface area contributed by atoms with Crippen LogP contribution in [0.2, 0.25) is 0 Å².